The Hall–Kier alpha value is -1.98. The zero-order valence-electron chi connectivity index (χ0n) is 10.8. The number of nitrogens with two attached hydrogens (primary N) is 1. The van der Waals surface area contributed by atoms with Crippen LogP contribution in [0.3, 0.4) is 0 Å². The number of carbonyl (C=O) groups is 1. The molecule has 2 rings (SSSR count). The summed E-state index contributed by atoms with van der Waals surface area (Å²) in [4.78, 5) is 11.1. The van der Waals surface area contributed by atoms with Gasteiger partial charge in [0.25, 0.3) is 0 Å². The molecule has 0 spiro atoms. The summed E-state index contributed by atoms with van der Waals surface area (Å²) in [5, 5.41) is 5.96. The smallest absolute Gasteiger partial charge is 0.220 e. The Morgan fingerprint density at radius 3 is 3.00 bits per heavy atom. The van der Waals surface area contributed by atoms with Gasteiger partial charge in [-0.2, -0.15) is 0 Å². The number of amides is 1. The Morgan fingerprint density at radius 2 is 2.37 bits per heavy atom. The maximum absolute atomic E-state index is 13.5. The second-order valence-electron chi connectivity index (χ2n) is 4.49. The van der Waals surface area contributed by atoms with Crippen LogP contribution in [0.15, 0.2) is 12.1 Å². The van der Waals surface area contributed by atoms with Gasteiger partial charge in [0.15, 0.2) is 11.6 Å². The standard InChI is InChI=1S/C13H18FN3O2/c1-2-19-12-6-11(10(15)5-9(12)14)16-7-8-3-4-13(18)17-8/h5-6,8,16H,2-4,7,15H2,1H3,(H,17,18). The van der Waals surface area contributed by atoms with Gasteiger partial charge < -0.3 is 21.1 Å². The fourth-order valence-electron chi connectivity index (χ4n) is 2.05. The van der Waals surface area contributed by atoms with Crippen LogP contribution >= 0.6 is 0 Å². The van der Waals surface area contributed by atoms with Gasteiger partial charge in [0, 0.05) is 31.1 Å². The lowest BCUT2D eigenvalue weighted by Crippen LogP contribution is -2.31. The van der Waals surface area contributed by atoms with Crippen molar-refractivity contribution in [2.75, 3.05) is 24.2 Å². The number of nitrogen functional groups attached to an aromatic ring is 1. The molecule has 0 saturated carbocycles. The van der Waals surface area contributed by atoms with Crippen molar-refractivity contribution in [3.63, 3.8) is 0 Å². The molecule has 1 amide bonds. The SMILES string of the molecule is CCOc1cc(NCC2CCC(=O)N2)c(N)cc1F. The summed E-state index contributed by atoms with van der Waals surface area (Å²) in [6, 6.07) is 2.87. The van der Waals surface area contributed by atoms with E-state index in [9.17, 15) is 9.18 Å². The largest absolute Gasteiger partial charge is 0.491 e. The number of benzene rings is 1. The second-order valence-corrected chi connectivity index (χ2v) is 4.49. The molecule has 1 atom stereocenters. The van der Waals surface area contributed by atoms with E-state index in [0.29, 0.717) is 30.9 Å². The third-order valence-corrected chi connectivity index (χ3v) is 3.03. The van der Waals surface area contributed by atoms with Gasteiger partial charge in [-0.05, 0) is 13.3 Å². The molecule has 19 heavy (non-hydrogen) atoms. The molecule has 1 saturated heterocycles. The van der Waals surface area contributed by atoms with Crippen molar-refractivity contribution in [1.29, 1.82) is 0 Å². The molecular formula is C13H18FN3O2. The zero-order valence-corrected chi connectivity index (χ0v) is 10.8. The molecule has 0 radical (unpaired) electrons. The van der Waals surface area contributed by atoms with Crippen LogP contribution in [0, 0.1) is 5.82 Å². The highest BCUT2D eigenvalue weighted by Gasteiger charge is 2.20. The van der Waals surface area contributed by atoms with E-state index in [1.807, 2.05) is 0 Å². The predicted molar refractivity (Wildman–Crippen MR) is 71.6 cm³/mol. The first-order chi connectivity index (χ1) is 9.10. The van der Waals surface area contributed by atoms with Gasteiger partial charge in [0.05, 0.1) is 18.0 Å². The van der Waals surface area contributed by atoms with Gasteiger partial charge in [-0.3, -0.25) is 4.79 Å². The molecule has 0 bridgehead atoms. The van der Waals surface area contributed by atoms with Crippen LogP contribution in [-0.2, 0) is 4.79 Å². The summed E-state index contributed by atoms with van der Waals surface area (Å²) in [6.45, 7) is 2.74. The van der Waals surface area contributed by atoms with Crippen molar-refractivity contribution >= 4 is 17.3 Å². The third-order valence-electron chi connectivity index (χ3n) is 3.03. The van der Waals surface area contributed by atoms with E-state index < -0.39 is 5.82 Å². The van der Waals surface area contributed by atoms with Crippen LogP contribution in [-0.4, -0.2) is 25.1 Å². The van der Waals surface area contributed by atoms with Crippen molar-refractivity contribution in [2.45, 2.75) is 25.8 Å². The normalized spacial score (nSPS) is 18.2. The highest BCUT2D eigenvalue weighted by Crippen LogP contribution is 2.28. The van der Waals surface area contributed by atoms with Crippen LogP contribution in [0.2, 0.25) is 0 Å². The number of carbonyl (C=O) groups excluding carboxylic acids is 1. The maximum Gasteiger partial charge on any atom is 0.220 e. The number of halogens is 1. The molecule has 1 aromatic rings. The molecule has 5 nitrogen and oxygen atoms in total. The van der Waals surface area contributed by atoms with Gasteiger partial charge in [-0.15, -0.1) is 0 Å². The molecule has 1 aliphatic rings. The van der Waals surface area contributed by atoms with E-state index in [1.165, 1.54) is 6.07 Å². The van der Waals surface area contributed by atoms with Crippen molar-refractivity contribution in [2.24, 2.45) is 0 Å². The Bertz CT molecular complexity index is 479. The summed E-state index contributed by atoms with van der Waals surface area (Å²) >= 11 is 0. The summed E-state index contributed by atoms with van der Waals surface area (Å²) in [5.41, 5.74) is 6.69. The summed E-state index contributed by atoms with van der Waals surface area (Å²) in [5.74, 6) is -0.234. The predicted octanol–water partition coefficient (Wildman–Crippen LogP) is 1.50. The molecular weight excluding hydrogens is 249 g/mol. The topological polar surface area (TPSA) is 76.4 Å². The van der Waals surface area contributed by atoms with Crippen LogP contribution in [0.1, 0.15) is 19.8 Å². The average Bonchev–Trinajstić information content (AvgIpc) is 2.77. The molecule has 0 aromatic heterocycles. The minimum atomic E-state index is -0.473. The van der Waals surface area contributed by atoms with E-state index in [2.05, 4.69) is 10.6 Å². The maximum atomic E-state index is 13.5. The lowest BCUT2D eigenvalue weighted by molar-refractivity contribution is -0.119. The van der Waals surface area contributed by atoms with Gasteiger partial charge in [0.1, 0.15) is 0 Å². The van der Waals surface area contributed by atoms with Gasteiger partial charge in [-0.1, -0.05) is 0 Å². The highest BCUT2D eigenvalue weighted by molar-refractivity contribution is 5.78. The van der Waals surface area contributed by atoms with Gasteiger partial charge >= 0.3 is 0 Å². The van der Waals surface area contributed by atoms with E-state index in [1.54, 1.807) is 13.0 Å². The minimum Gasteiger partial charge on any atom is -0.491 e. The van der Waals surface area contributed by atoms with Crippen LogP contribution in [0.4, 0.5) is 15.8 Å². The molecule has 0 aliphatic carbocycles. The Balaban J connectivity index is 2.02. The number of hydrogen-bond acceptors (Lipinski definition) is 4. The first kappa shape index (κ1) is 13.5. The van der Waals surface area contributed by atoms with Crippen molar-refractivity contribution in [3.8, 4) is 5.75 Å². The summed E-state index contributed by atoms with van der Waals surface area (Å²) in [6.07, 6.45) is 1.35. The van der Waals surface area contributed by atoms with Crippen LogP contribution < -0.4 is 21.1 Å². The molecule has 4 N–H and O–H groups in total. The van der Waals surface area contributed by atoms with Crippen molar-refractivity contribution in [3.05, 3.63) is 17.9 Å². The van der Waals surface area contributed by atoms with Crippen LogP contribution in [0.25, 0.3) is 0 Å². The first-order valence-corrected chi connectivity index (χ1v) is 6.35. The molecule has 6 heteroatoms. The van der Waals surface area contributed by atoms with Crippen molar-refractivity contribution in [1.82, 2.24) is 5.32 Å². The number of rotatable bonds is 5. The average molecular weight is 267 g/mol. The summed E-state index contributed by atoms with van der Waals surface area (Å²) in [7, 11) is 0. The first-order valence-electron chi connectivity index (χ1n) is 6.35. The monoisotopic (exact) mass is 267 g/mol. The van der Waals surface area contributed by atoms with Crippen LogP contribution in [0.5, 0.6) is 5.75 Å². The fraction of sp³-hybridized carbons (Fsp3) is 0.462. The quantitative estimate of drug-likeness (QED) is 0.707. The molecule has 1 aliphatic heterocycles. The zero-order chi connectivity index (χ0) is 13.8. The lowest BCUT2D eigenvalue weighted by atomic mass is 10.2. The Morgan fingerprint density at radius 1 is 1.58 bits per heavy atom. The number of ether oxygens (including phenoxy) is 1. The highest BCUT2D eigenvalue weighted by atomic mass is 19.1. The van der Waals surface area contributed by atoms with E-state index in [-0.39, 0.29) is 17.7 Å². The van der Waals surface area contributed by atoms with Gasteiger partial charge in [-0.25, -0.2) is 4.39 Å². The Labute approximate surface area is 111 Å². The third kappa shape index (κ3) is 3.27. The lowest BCUT2D eigenvalue weighted by Gasteiger charge is -2.15. The van der Waals surface area contributed by atoms with Crippen molar-refractivity contribution < 1.29 is 13.9 Å². The second kappa shape index (κ2) is 5.77. The molecule has 1 unspecified atom stereocenters. The minimum absolute atomic E-state index is 0.0638. The fourth-order valence-corrected chi connectivity index (χ4v) is 2.05. The molecule has 1 aromatic carbocycles. The number of hydrogen-bond donors (Lipinski definition) is 3. The number of nitrogens with one attached hydrogen (secondary N) is 2. The number of anilines is 2. The van der Waals surface area contributed by atoms with E-state index >= 15 is 0 Å². The van der Waals surface area contributed by atoms with E-state index in [0.717, 1.165) is 6.42 Å². The summed E-state index contributed by atoms with van der Waals surface area (Å²) < 4.78 is 18.7. The Kier molecular flexibility index (Phi) is 4.09. The molecule has 1 fully saturated rings. The molecule has 104 valence electrons. The van der Waals surface area contributed by atoms with E-state index in [4.69, 9.17) is 10.5 Å². The molecule has 1 heterocycles. The van der Waals surface area contributed by atoms with Gasteiger partial charge in [0.2, 0.25) is 5.91 Å².